The zero-order valence-corrected chi connectivity index (χ0v) is 9.06. The normalized spacial score (nSPS) is 9.93. The van der Waals surface area contributed by atoms with Crippen molar-refractivity contribution in [3.8, 4) is 0 Å². The monoisotopic (exact) mass is 217 g/mol. The van der Waals surface area contributed by atoms with E-state index in [1.54, 1.807) is 0 Å². The molecule has 0 aliphatic carbocycles. The number of hydrogen-bond acceptors (Lipinski definition) is 0. The van der Waals surface area contributed by atoms with E-state index in [2.05, 4.69) is 12.1 Å². The van der Waals surface area contributed by atoms with E-state index < -0.39 is 0 Å². The maximum Gasteiger partial charge on any atom is 0.153 e. The van der Waals surface area contributed by atoms with Crippen LogP contribution in [0.25, 0.3) is 0 Å². The molecule has 0 radical (unpaired) electrons. The average Bonchev–Trinajstić information content (AvgIpc) is 2.31. The third-order valence-corrected chi connectivity index (χ3v) is 2.52. The first-order valence-electron chi connectivity index (χ1n) is 4.88. The standard InChI is InChI=1S/C13H12ClN/c14-13(15-9-5-2-6-10-15)11-12-7-3-1-4-8-12/h1-10H,11H2. The Bertz CT molecular complexity index is 399. The van der Waals surface area contributed by atoms with Gasteiger partial charge in [-0.05, 0) is 5.56 Å². The first-order chi connectivity index (χ1) is 7.36. The number of nitrogens with zero attached hydrogens (tertiary/aromatic N) is 1. The Labute approximate surface area is 95.0 Å². The van der Waals surface area contributed by atoms with Crippen LogP contribution in [0, 0.1) is 5.50 Å². The molecule has 0 N–H and O–H groups in total. The lowest BCUT2D eigenvalue weighted by atomic mass is 10.1. The second kappa shape index (κ2) is 4.85. The van der Waals surface area contributed by atoms with Crippen LogP contribution in [-0.4, -0.2) is 0 Å². The van der Waals surface area contributed by atoms with Crippen molar-refractivity contribution in [2.24, 2.45) is 0 Å². The Morgan fingerprint density at radius 2 is 1.53 bits per heavy atom. The first kappa shape index (κ1) is 10.1. The number of rotatable bonds is 3. The molecular formula is C13H12ClN. The predicted molar refractivity (Wildman–Crippen MR) is 61.3 cm³/mol. The summed E-state index contributed by atoms with van der Waals surface area (Å²) in [4.78, 5) is 0. The fourth-order valence-corrected chi connectivity index (χ4v) is 1.68. The summed E-state index contributed by atoms with van der Waals surface area (Å²) in [6, 6.07) is 16.1. The van der Waals surface area contributed by atoms with Gasteiger partial charge in [0, 0.05) is 6.42 Å². The second-order valence-electron chi connectivity index (χ2n) is 3.32. The third kappa shape index (κ3) is 2.74. The summed E-state index contributed by atoms with van der Waals surface area (Å²) in [6.07, 6.45) is 4.66. The number of hydrogen-bond donors (Lipinski definition) is 0. The number of pyridine rings is 1. The maximum atomic E-state index is 6.22. The van der Waals surface area contributed by atoms with Gasteiger partial charge in [0.05, 0.1) is 12.4 Å². The SMILES string of the molecule is Cl[C-](Cc1ccccc1)[n+]1ccccc1. The van der Waals surface area contributed by atoms with Gasteiger partial charge in [-0.3, -0.25) is 0 Å². The van der Waals surface area contributed by atoms with Crippen LogP contribution in [0.5, 0.6) is 0 Å². The second-order valence-corrected chi connectivity index (χ2v) is 3.76. The molecule has 76 valence electrons. The smallest absolute Gasteiger partial charge is 0.153 e. The average molecular weight is 218 g/mol. The molecule has 1 aromatic carbocycles. The molecule has 0 saturated heterocycles. The molecule has 0 aliphatic heterocycles. The van der Waals surface area contributed by atoms with Gasteiger partial charge in [-0.25, -0.2) is 0 Å². The minimum Gasteiger partial charge on any atom is -0.321 e. The van der Waals surface area contributed by atoms with Gasteiger partial charge in [0.2, 0.25) is 0 Å². The first-order valence-corrected chi connectivity index (χ1v) is 5.26. The Balaban J connectivity index is 2.08. The summed E-state index contributed by atoms with van der Waals surface area (Å²) in [5.74, 6) is 0. The van der Waals surface area contributed by atoms with Crippen molar-refractivity contribution < 1.29 is 4.57 Å². The highest BCUT2D eigenvalue weighted by Gasteiger charge is 2.07. The van der Waals surface area contributed by atoms with Gasteiger partial charge in [0.25, 0.3) is 0 Å². The Morgan fingerprint density at radius 1 is 0.933 bits per heavy atom. The van der Waals surface area contributed by atoms with Crippen molar-refractivity contribution in [1.29, 1.82) is 0 Å². The van der Waals surface area contributed by atoms with Crippen LogP contribution in [-0.2, 0) is 6.42 Å². The van der Waals surface area contributed by atoms with Gasteiger partial charge >= 0.3 is 0 Å². The highest BCUT2D eigenvalue weighted by Crippen LogP contribution is 2.10. The van der Waals surface area contributed by atoms with Crippen LogP contribution in [0.2, 0.25) is 0 Å². The maximum absolute atomic E-state index is 6.22. The van der Waals surface area contributed by atoms with Gasteiger partial charge in [0.15, 0.2) is 5.50 Å². The van der Waals surface area contributed by atoms with E-state index in [0.717, 1.165) is 11.9 Å². The predicted octanol–water partition coefficient (Wildman–Crippen LogP) is 2.79. The largest absolute Gasteiger partial charge is 0.321 e. The van der Waals surface area contributed by atoms with Gasteiger partial charge in [0.1, 0.15) is 0 Å². The molecule has 0 atom stereocenters. The highest BCUT2D eigenvalue weighted by atomic mass is 35.5. The van der Waals surface area contributed by atoms with E-state index in [0.29, 0.717) is 0 Å². The fourth-order valence-electron chi connectivity index (χ4n) is 1.42. The lowest BCUT2D eigenvalue weighted by Crippen LogP contribution is -2.37. The molecule has 0 amide bonds. The van der Waals surface area contributed by atoms with Gasteiger partial charge in [-0.1, -0.05) is 60.1 Å². The van der Waals surface area contributed by atoms with E-state index in [-0.39, 0.29) is 0 Å². The summed E-state index contributed by atoms with van der Waals surface area (Å²) < 4.78 is 1.93. The van der Waals surface area contributed by atoms with Crippen molar-refractivity contribution in [2.75, 3.05) is 0 Å². The zero-order chi connectivity index (χ0) is 10.5. The van der Waals surface area contributed by atoms with Gasteiger partial charge in [-0.15, -0.1) is 0 Å². The molecule has 2 aromatic rings. The molecule has 2 rings (SSSR count). The van der Waals surface area contributed by atoms with Crippen LogP contribution < -0.4 is 4.57 Å². The molecule has 1 nitrogen and oxygen atoms in total. The van der Waals surface area contributed by atoms with Gasteiger partial charge in [-0.2, -0.15) is 0 Å². The molecule has 0 bridgehead atoms. The highest BCUT2D eigenvalue weighted by molar-refractivity contribution is 6.25. The number of benzene rings is 1. The van der Waals surface area contributed by atoms with Crippen LogP contribution in [0.3, 0.4) is 0 Å². The van der Waals surface area contributed by atoms with Crippen molar-refractivity contribution in [1.82, 2.24) is 0 Å². The molecule has 1 heterocycles. The van der Waals surface area contributed by atoms with E-state index in [9.17, 15) is 0 Å². The van der Waals surface area contributed by atoms with Crippen LogP contribution >= 0.6 is 11.6 Å². The summed E-state index contributed by atoms with van der Waals surface area (Å²) >= 11 is 6.22. The van der Waals surface area contributed by atoms with E-state index in [4.69, 9.17) is 11.6 Å². The molecule has 2 heteroatoms. The van der Waals surface area contributed by atoms with Gasteiger partial charge < -0.3 is 4.57 Å². The summed E-state index contributed by atoms with van der Waals surface area (Å²) in [5.41, 5.74) is 2.03. The lowest BCUT2D eigenvalue weighted by molar-refractivity contribution is -0.645. The lowest BCUT2D eigenvalue weighted by Gasteiger charge is -2.11. The quantitative estimate of drug-likeness (QED) is 0.550. The van der Waals surface area contributed by atoms with Crippen molar-refractivity contribution in [3.63, 3.8) is 0 Å². The fraction of sp³-hybridized carbons (Fsp3) is 0.0769. The van der Waals surface area contributed by atoms with Crippen molar-refractivity contribution >= 4 is 11.6 Å². The van der Waals surface area contributed by atoms with E-state index >= 15 is 0 Å². The summed E-state index contributed by atoms with van der Waals surface area (Å²) in [6.45, 7) is 0. The number of halogens is 1. The molecule has 1 aromatic heterocycles. The Hall–Kier alpha value is -1.47. The molecule has 15 heavy (non-hydrogen) atoms. The molecule has 0 aliphatic rings. The van der Waals surface area contributed by atoms with Crippen molar-refractivity contribution in [2.45, 2.75) is 6.42 Å². The van der Waals surface area contributed by atoms with Crippen LogP contribution in [0.4, 0.5) is 0 Å². The minimum atomic E-state index is 0.761. The summed E-state index contributed by atoms with van der Waals surface area (Å²) in [7, 11) is 0. The molecule has 0 unspecified atom stereocenters. The third-order valence-electron chi connectivity index (χ3n) is 2.19. The van der Waals surface area contributed by atoms with E-state index in [1.165, 1.54) is 5.56 Å². The molecular weight excluding hydrogens is 206 g/mol. The Morgan fingerprint density at radius 3 is 2.20 bits per heavy atom. The van der Waals surface area contributed by atoms with E-state index in [1.807, 2.05) is 53.4 Å². The van der Waals surface area contributed by atoms with Crippen LogP contribution in [0.15, 0.2) is 60.9 Å². The molecule has 0 fully saturated rings. The summed E-state index contributed by atoms with van der Waals surface area (Å²) in [5, 5.41) is 0. The molecule has 0 spiro atoms. The zero-order valence-electron chi connectivity index (χ0n) is 8.31. The molecule has 0 saturated carbocycles. The minimum absolute atomic E-state index is 0.761. The van der Waals surface area contributed by atoms with Crippen LogP contribution in [0.1, 0.15) is 5.56 Å². The van der Waals surface area contributed by atoms with Crippen molar-refractivity contribution in [3.05, 3.63) is 72.0 Å². The topological polar surface area (TPSA) is 3.88 Å². The number of aromatic nitrogens is 1. The Kier molecular flexibility index (Phi) is 3.25.